The summed E-state index contributed by atoms with van der Waals surface area (Å²) in [4.78, 5) is 9.49. The Morgan fingerprint density at radius 3 is 2.50 bits per heavy atom. The van der Waals surface area contributed by atoms with E-state index in [-0.39, 0.29) is 23.4 Å². The van der Waals surface area contributed by atoms with Crippen LogP contribution in [-0.4, -0.2) is 27.6 Å². The Kier molecular flexibility index (Phi) is 5.41. The van der Waals surface area contributed by atoms with Crippen LogP contribution in [0, 0.1) is 6.92 Å². The van der Waals surface area contributed by atoms with Crippen molar-refractivity contribution < 1.29 is 13.6 Å². The number of aromatic nitrogens is 2. The van der Waals surface area contributed by atoms with Gasteiger partial charge in [-0.1, -0.05) is 60.6 Å². The van der Waals surface area contributed by atoms with Crippen molar-refractivity contribution in [2.75, 3.05) is 6.61 Å². The molecule has 226 valence electrons. The van der Waals surface area contributed by atoms with Crippen LogP contribution >= 0.6 is 0 Å². The summed E-state index contributed by atoms with van der Waals surface area (Å²) in [5, 5.41) is 2.39. The van der Waals surface area contributed by atoms with Gasteiger partial charge in [0, 0.05) is 43.7 Å². The summed E-state index contributed by atoms with van der Waals surface area (Å²) in [5.41, 5.74) is 7.27. The molecule has 2 aromatic heterocycles. The summed E-state index contributed by atoms with van der Waals surface area (Å²) in [6.07, 6.45) is 1.87. The molecule has 0 radical (unpaired) electrons. The van der Waals surface area contributed by atoms with E-state index in [1.807, 2.05) is 30.5 Å². The molecule has 2 aliphatic rings. The molecule has 0 unspecified atom stereocenters. The summed E-state index contributed by atoms with van der Waals surface area (Å²) in [7, 11) is 0. The molecular weight excluding hydrogens is 542 g/mol. The third kappa shape index (κ3) is 4.43. The van der Waals surface area contributed by atoms with Crippen LogP contribution in [0.3, 0.4) is 0 Å². The molecule has 0 saturated heterocycles. The molecule has 1 atom stereocenters. The van der Waals surface area contributed by atoms with Crippen LogP contribution in [-0.2, 0) is 15.6 Å². The highest BCUT2D eigenvalue weighted by Gasteiger charge is 2.37. The van der Waals surface area contributed by atoms with E-state index in [2.05, 4.69) is 95.3 Å². The molecule has 5 nitrogen and oxygen atoms in total. The molecule has 2 aliphatic heterocycles. The van der Waals surface area contributed by atoms with Gasteiger partial charge in [-0.3, -0.25) is 4.57 Å². The minimum Gasteiger partial charge on any atom is -0.475 e. The number of nitrogens with zero attached hydrogens (tertiary/aromatic N) is 3. The summed E-state index contributed by atoms with van der Waals surface area (Å²) in [6, 6.07) is 19.3. The Bertz CT molecular complexity index is 2130. The maximum absolute atomic E-state index is 7.98. The number of benzene rings is 3. The fourth-order valence-electron chi connectivity index (χ4n) is 6.64. The zero-order chi connectivity index (χ0) is 33.8. The standard InChI is InChI=1S/C39H43N3O2/c1-22(2)24-15-25(36-41-38(7,8)21-43-36)17-27(16-24)44-33-20-32-28(14-23(33)3)29-18-26(37(4,5)6)19-31-34(29)42(32)35-30(39(31,9)10)12-11-13-40-35/h11-20,22H,21H2,1-10H3/i7D3/t38-/m0/s1. The number of aryl methyl sites for hydroxylation is 1. The average Bonchev–Trinajstić information content (AvgIpc) is 3.55. The highest BCUT2D eigenvalue weighted by atomic mass is 16.5. The largest absolute Gasteiger partial charge is 0.475 e. The van der Waals surface area contributed by atoms with Gasteiger partial charge in [-0.05, 0) is 90.7 Å². The van der Waals surface area contributed by atoms with Crippen molar-refractivity contribution in [1.82, 2.24) is 9.55 Å². The van der Waals surface area contributed by atoms with Crippen LogP contribution in [0.25, 0.3) is 27.6 Å². The number of hydrogen-bond acceptors (Lipinski definition) is 4. The minimum absolute atomic E-state index is 0.00643. The third-order valence-electron chi connectivity index (χ3n) is 9.28. The Balaban J connectivity index is 1.42. The number of rotatable bonds is 4. The average molecular weight is 589 g/mol. The lowest BCUT2D eigenvalue weighted by Gasteiger charge is -2.35. The zero-order valence-electron chi connectivity index (χ0n) is 30.2. The Morgan fingerprint density at radius 1 is 1.00 bits per heavy atom. The minimum atomic E-state index is -2.27. The molecule has 3 aromatic carbocycles. The van der Waals surface area contributed by atoms with E-state index < -0.39 is 12.4 Å². The second-order valence-corrected chi connectivity index (χ2v) is 14.7. The molecule has 0 amide bonds. The van der Waals surface area contributed by atoms with Crippen LogP contribution in [0.1, 0.15) is 106 Å². The molecule has 0 fully saturated rings. The van der Waals surface area contributed by atoms with Crippen LogP contribution in [0.2, 0.25) is 0 Å². The summed E-state index contributed by atoms with van der Waals surface area (Å²) in [5.74, 6) is 2.87. The van der Waals surface area contributed by atoms with Gasteiger partial charge in [0.15, 0.2) is 0 Å². The predicted molar refractivity (Wildman–Crippen MR) is 181 cm³/mol. The number of ether oxygens (including phenoxy) is 2. The van der Waals surface area contributed by atoms with E-state index in [0.29, 0.717) is 17.2 Å². The fourth-order valence-corrected chi connectivity index (χ4v) is 6.64. The number of fused-ring (bicyclic) bond motifs is 5. The smallest absolute Gasteiger partial charge is 0.216 e. The van der Waals surface area contributed by atoms with Crippen molar-refractivity contribution >= 4 is 27.7 Å². The first-order chi connectivity index (χ1) is 21.9. The van der Waals surface area contributed by atoms with Gasteiger partial charge >= 0.3 is 0 Å². The van der Waals surface area contributed by atoms with Crippen molar-refractivity contribution in [3.8, 4) is 17.3 Å². The molecule has 0 aliphatic carbocycles. The zero-order valence-corrected chi connectivity index (χ0v) is 27.2. The van der Waals surface area contributed by atoms with E-state index in [9.17, 15) is 0 Å². The molecule has 44 heavy (non-hydrogen) atoms. The van der Waals surface area contributed by atoms with Gasteiger partial charge < -0.3 is 9.47 Å². The first-order valence-electron chi connectivity index (χ1n) is 17.0. The SMILES string of the molecule is [2H]C([2H])([2H])[C@]1(C)COC(c2cc(Oc3cc4c(cc3C)c3cc(C(C)(C)C)cc5c3n4-c3ncccc3C5(C)C)cc(C(C)C)c2)=N1. The maximum Gasteiger partial charge on any atom is 0.216 e. The summed E-state index contributed by atoms with van der Waals surface area (Å²) >= 11 is 0. The second-order valence-electron chi connectivity index (χ2n) is 14.7. The van der Waals surface area contributed by atoms with Gasteiger partial charge in [-0.2, -0.15) is 0 Å². The van der Waals surface area contributed by atoms with Gasteiger partial charge in [-0.15, -0.1) is 0 Å². The van der Waals surface area contributed by atoms with Gasteiger partial charge in [0.25, 0.3) is 0 Å². The van der Waals surface area contributed by atoms with Crippen LogP contribution < -0.4 is 4.74 Å². The first-order valence-corrected chi connectivity index (χ1v) is 15.5. The molecule has 0 N–H and O–H groups in total. The predicted octanol–water partition coefficient (Wildman–Crippen LogP) is 9.90. The molecule has 5 aromatic rings. The normalized spacial score (nSPS) is 20.2. The van der Waals surface area contributed by atoms with Gasteiger partial charge in [-0.25, -0.2) is 9.98 Å². The quantitative estimate of drug-likeness (QED) is 0.210. The topological polar surface area (TPSA) is 48.6 Å². The molecule has 0 saturated carbocycles. The van der Waals surface area contributed by atoms with E-state index in [1.54, 1.807) is 6.92 Å². The first kappa shape index (κ1) is 25.2. The van der Waals surface area contributed by atoms with Crippen molar-refractivity contribution in [2.24, 2.45) is 4.99 Å². The van der Waals surface area contributed by atoms with Gasteiger partial charge in [0.2, 0.25) is 5.90 Å². The molecule has 5 heteroatoms. The van der Waals surface area contributed by atoms with E-state index in [1.165, 1.54) is 33.0 Å². The van der Waals surface area contributed by atoms with Crippen molar-refractivity contribution in [1.29, 1.82) is 0 Å². The van der Waals surface area contributed by atoms with Crippen molar-refractivity contribution in [3.63, 3.8) is 0 Å². The Labute approximate surface area is 265 Å². The lowest BCUT2D eigenvalue weighted by atomic mass is 9.73. The lowest BCUT2D eigenvalue weighted by molar-refractivity contribution is 0.279. The third-order valence-corrected chi connectivity index (χ3v) is 9.28. The summed E-state index contributed by atoms with van der Waals surface area (Å²) < 4.78 is 38.9. The highest BCUT2D eigenvalue weighted by Crippen LogP contribution is 2.49. The number of hydrogen-bond donors (Lipinski definition) is 0. The van der Waals surface area contributed by atoms with Gasteiger partial charge in [0.05, 0.1) is 16.6 Å². The molecule has 0 spiro atoms. The fraction of sp³-hybridized carbons (Fsp3) is 0.385. The molecule has 4 heterocycles. The second kappa shape index (κ2) is 9.44. The van der Waals surface area contributed by atoms with Crippen LogP contribution in [0.5, 0.6) is 11.5 Å². The molecule has 0 bridgehead atoms. The number of pyridine rings is 1. The summed E-state index contributed by atoms with van der Waals surface area (Å²) in [6.45, 7) is 17.1. The van der Waals surface area contributed by atoms with Crippen molar-refractivity contribution in [2.45, 2.75) is 91.5 Å². The Hall–Kier alpha value is -4.12. The maximum atomic E-state index is 7.98. The molecule has 7 rings (SSSR count). The van der Waals surface area contributed by atoms with E-state index in [0.717, 1.165) is 28.2 Å². The highest BCUT2D eigenvalue weighted by molar-refractivity contribution is 6.12. The Morgan fingerprint density at radius 2 is 1.80 bits per heavy atom. The van der Waals surface area contributed by atoms with Gasteiger partial charge in [0.1, 0.15) is 23.9 Å². The monoisotopic (exact) mass is 588 g/mol. The van der Waals surface area contributed by atoms with E-state index >= 15 is 0 Å². The molecular formula is C39H43N3O2. The number of aliphatic imine (C=N–C) groups is 1. The van der Waals surface area contributed by atoms with Crippen LogP contribution in [0.15, 0.2) is 65.8 Å². The van der Waals surface area contributed by atoms with Crippen LogP contribution in [0.4, 0.5) is 0 Å². The lowest BCUT2D eigenvalue weighted by Crippen LogP contribution is -2.28. The van der Waals surface area contributed by atoms with E-state index in [4.69, 9.17) is 18.6 Å². The van der Waals surface area contributed by atoms with Crippen molar-refractivity contribution in [3.05, 3.63) is 94.2 Å².